The van der Waals surface area contributed by atoms with Crippen LogP contribution < -0.4 is 4.74 Å². The molecule has 0 fully saturated rings. The van der Waals surface area contributed by atoms with Crippen LogP contribution in [0.1, 0.15) is 39.2 Å². The molecule has 0 aliphatic carbocycles. The Morgan fingerprint density at radius 1 is 1.17 bits per heavy atom. The fourth-order valence-corrected chi connectivity index (χ4v) is 3.11. The van der Waals surface area contributed by atoms with Crippen molar-refractivity contribution in [2.45, 2.75) is 64.5 Å². The molecule has 1 aromatic carbocycles. The van der Waals surface area contributed by atoms with E-state index in [9.17, 15) is 0 Å². The third-order valence-electron chi connectivity index (χ3n) is 4.79. The summed E-state index contributed by atoms with van der Waals surface area (Å²) in [6.07, 6.45) is 3.88. The normalized spacial score (nSPS) is 13.6. The lowest BCUT2D eigenvalue weighted by Crippen LogP contribution is -2.41. The van der Waals surface area contributed by atoms with Gasteiger partial charge in [0.15, 0.2) is 8.32 Å². The van der Waals surface area contributed by atoms with Gasteiger partial charge in [-0.25, -0.2) is 0 Å². The lowest BCUT2D eigenvalue weighted by molar-refractivity contribution is 0.0622. The molecule has 0 aromatic heterocycles. The van der Waals surface area contributed by atoms with Gasteiger partial charge in [-0.2, -0.15) is 0 Å². The molecule has 1 rings (SSSR count). The van der Waals surface area contributed by atoms with E-state index in [0.29, 0.717) is 6.61 Å². The van der Waals surface area contributed by atoms with E-state index >= 15 is 0 Å². The molecule has 0 saturated carbocycles. The maximum absolute atomic E-state index is 6.21. The first kappa shape index (κ1) is 20.9. The second-order valence-corrected chi connectivity index (χ2v) is 12.5. The fraction of sp³-hybridized carbons (Fsp3) is 0.600. The van der Waals surface area contributed by atoms with Gasteiger partial charge in [0.05, 0.1) is 19.8 Å². The predicted molar refractivity (Wildman–Crippen MR) is 104 cm³/mol. The van der Waals surface area contributed by atoms with Crippen LogP contribution >= 0.6 is 0 Å². The highest BCUT2D eigenvalue weighted by atomic mass is 28.4. The first-order chi connectivity index (χ1) is 11.2. The van der Waals surface area contributed by atoms with E-state index in [1.54, 1.807) is 7.11 Å². The largest absolute Gasteiger partial charge is 0.497 e. The standard InChI is InChI=1S/C20H34O3Si/c1-8-18(10-9-15-23-24(6,7)20(2,3)4)22-16-17-11-13-19(21-5)14-12-17/h8,11-14,18H,1,9-10,15-16H2,2-7H3/t18-/m0/s1. The van der Waals surface area contributed by atoms with Gasteiger partial charge in [0, 0.05) is 6.61 Å². The van der Waals surface area contributed by atoms with Crippen LogP contribution in [0.2, 0.25) is 18.1 Å². The Morgan fingerprint density at radius 2 is 1.79 bits per heavy atom. The maximum atomic E-state index is 6.21. The molecule has 0 saturated heterocycles. The van der Waals surface area contributed by atoms with E-state index < -0.39 is 8.32 Å². The van der Waals surface area contributed by atoms with E-state index in [0.717, 1.165) is 30.8 Å². The summed E-state index contributed by atoms with van der Waals surface area (Å²) >= 11 is 0. The Balaban J connectivity index is 2.33. The van der Waals surface area contributed by atoms with Crippen LogP contribution in [0, 0.1) is 0 Å². The monoisotopic (exact) mass is 350 g/mol. The van der Waals surface area contributed by atoms with Gasteiger partial charge < -0.3 is 13.9 Å². The topological polar surface area (TPSA) is 27.7 Å². The molecule has 0 aliphatic rings. The summed E-state index contributed by atoms with van der Waals surface area (Å²) < 4.78 is 17.3. The Bertz CT molecular complexity index is 489. The van der Waals surface area contributed by atoms with Gasteiger partial charge in [0.2, 0.25) is 0 Å². The number of benzene rings is 1. The Hall–Kier alpha value is -1.10. The molecular weight excluding hydrogens is 316 g/mol. The van der Waals surface area contributed by atoms with Gasteiger partial charge in [0.25, 0.3) is 0 Å². The zero-order valence-electron chi connectivity index (χ0n) is 16.2. The summed E-state index contributed by atoms with van der Waals surface area (Å²) in [5, 5.41) is 0.260. The fourth-order valence-electron chi connectivity index (χ4n) is 2.02. The van der Waals surface area contributed by atoms with Crippen LogP contribution in [0.3, 0.4) is 0 Å². The number of hydrogen-bond acceptors (Lipinski definition) is 3. The molecule has 0 N–H and O–H groups in total. The third-order valence-corrected chi connectivity index (χ3v) is 9.33. The van der Waals surface area contributed by atoms with Gasteiger partial charge in [-0.15, -0.1) is 6.58 Å². The Labute approximate surface area is 149 Å². The van der Waals surface area contributed by atoms with Crippen LogP contribution in [-0.2, 0) is 15.8 Å². The lowest BCUT2D eigenvalue weighted by Gasteiger charge is -2.36. The number of hydrogen-bond donors (Lipinski definition) is 0. The van der Waals surface area contributed by atoms with Crippen molar-refractivity contribution in [2.75, 3.05) is 13.7 Å². The average Bonchev–Trinajstić information content (AvgIpc) is 2.53. The molecule has 0 heterocycles. The first-order valence-electron chi connectivity index (χ1n) is 8.70. The van der Waals surface area contributed by atoms with Gasteiger partial charge >= 0.3 is 0 Å². The summed E-state index contributed by atoms with van der Waals surface area (Å²) in [5.74, 6) is 0.863. The molecular formula is C20H34O3Si. The molecule has 0 bridgehead atoms. The second kappa shape index (κ2) is 9.40. The predicted octanol–water partition coefficient (Wildman–Crippen LogP) is 5.57. The van der Waals surface area contributed by atoms with Crippen LogP contribution in [0.5, 0.6) is 5.75 Å². The highest BCUT2D eigenvalue weighted by Crippen LogP contribution is 2.36. The number of rotatable bonds is 10. The number of methoxy groups -OCH3 is 1. The highest BCUT2D eigenvalue weighted by molar-refractivity contribution is 6.74. The Morgan fingerprint density at radius 3 is 2.29 bits per heavy atom. The molecule has 0 spiro atoms. The molecule has 0 amide bonds. The Kier molecular flexibility index (Phi) is 8.20. The molecule has 0 radical (unpaired) electrons. The van der Waals surface area contributed by atoms with Crippen LogP contribution in [0.4, 0.5) is 0 Å². The van der Waals surface area contributed by atoms with E-state index in [2.05, 4.69) is 40.4 Å². The van der Waals surface area contributed by atoms with Crippen molar-refractivity contribution < 1.29 is 13.9 Å². The third kappa shape index (κ3) is 6.79. The second-order valence-electron chi connectivity index (χ2n) is 7.68. The summed E-state index contributed by atoms with van der Waals surface area (Å²) in [6, 6.07) is 7.96. The van der Waals surface area contributed by atoms with E-state index in [1.165, 1.54) is 0 Å². The van der Waals surface area contributed by atoms with E-state index in [-0.39, 0.29) is 11.1 Å². The average molecular weight is 351 g/mol. The first-order valence-corrected chi connectivity index (χ1v) is 11.6. The minimum atomic E-state index is -1.65. The minimum absolute atomic E-state index is 0.0649. The summed E-state index contributed by atoms with van der Waals surface area (Å²) in [4.78, 5) is 0. The summed E-state index contributed by atoms with van der Waals surface area (Å²) in [5.41, 5.74) is 1.14. The van der Waals surface area contributed by atoms with Crippen LogP contribution in [-0.4, -0.2) is 28.1 Å². The van der Waals surface area contributed by atoms with E-state index in [1.807, 2.05) is 30.3 Å². The van der Waals surface area contributed by atoms with Gasteiger partial charge in [-0.1, -0.05) is 39.0 Å². The molecule has 1 aromatic rings. The van der Waals surface area contributed by atoms with Crippen molar-refractivity contribution in [2.24, 2.45) is 0 Å². The minimum Gasteiger partial charge on any atom is -0.497 e. The van der Waals surface area contributed by atoms with Crippen molar-refractivity contribution in [3.8, 4) is 5.75 Å². The van der Waals surface area contributed by atoms with E-state index in [4.69, 9.17) is 13.9 Å². The van der Waals surface area contributed by atoms with Crippen molar-refractivity contribution >= 4 is 8.32 Å². The van der Waals surface area contributed by atoms with Crippen molar-refractivity contribution in [1.82, 2.24) is 0 Å². The lowest BCUT2D eigenvalue weighted by atomic mass is 10.2. The van der Waals surface area contributed by atoms with Gasteiger partial charge in [-0.05, 0) is 48.7 Å². The van der Waals surface area contributed by atoms with Gasteiger partial charge in [-0.3, -0.25) is 0 Å². The maximum Gasteiger partial charge on any atom is 0.191 e. The molecule has 3 nitrogen and oxygen atoms in total. The quantitative estimate of drug-likeness (QED) is 0.314. The molecule has 136 valence electrons. The number of ether oxygens (including phenoxy) is 2. The zero-order valence-corrected chi connectivity index (χ0v) is 17.2. The molecule has 4 heteroatoms. The summed E-state index contributed by atoms with van der Waals surface area (Å²) in [6.45, 7) is 16.7. The van der Waals surface area contributed by atoms with Gasteiger partial charge in [0.1, 0.15) is 5.75 Å². The van der Waals surface area contributed by atoms with Crippen molar-refractivity contribution in [3.05, 3.63) is 42.5 Å². The smallest absolute Gasteiger partial charge is 0.191 e. The zero-order chi connectivity index (χ0) is 18.2. The van der Waals surface area contributed by atoms with Crippen LogP contribution in [0.25, 0.3) is 0 Å². The SMILES string of the molecule is C=C[C@@H](CCCO[Si](C)(C)C(C)(C)C)OCc1ccc(OC)cc1. The molecule has 0 aliphatic heterocycles. The molecule has 1 atom stereocenters. The highest BCUT2D eigenvalue weighted by Gasteiger charge is 2.36. The molecule has 24 heavy (non-hydrogen) atoms. The molecule has 0 unspecified atom stereocenters. The summed E-state index contributed by atoms with van der Waals surface area (Å²) in [7, 11) is 0.0259. The van der Waals surface area contributed by atoms with Crippen LogP contribution in [0.15, 0.2) is 36.9 Å². The van der Waals surface area contributed by atoms with Crippen molar-refractivity contribution in [3.63, 3.8) is 0 Å². The van der Waals surface area contributed by atoms with Crippen molar-refractivity contribution in [1.29, 1.82) is 0 Å².